The monoisotopic (exact) mass is 384 g/mol. The average molecular weight is 385 g/mol. The minimum absolute atomic E-state index is 0.828. The average Bonchev–Trinajstić information content (AvgIpc) is 3.20. The predicted molar refractivity (Wildman–Crippen MR) is 105 cm³/mol. The second kappa shape index (κ2) is 8.14. The molecule has 3 aromatic heterocycles. The van der Waals surface area contributed by atoms with Gasteiger partial charge in [0.15, 0.2) is 10.2 Å². The van der Waals surface area contributed by atoms with Crippen LogP contribution in [0.25, 0.3) is 0 Å². The van der Waals surface area contributed by atoms with Crippen LogP contribution in [0.1, 0.15) is 17.7 Å². The second-order valence-electron chi connectivity index (χ2n) is 6.83. The van der Waals surface area contributed by atoms with Gasteiger partial charge in [-0.3, -0.25) is 9.88 Å². The van der Waals surface area contributed by atoms with Crippen LogP contribution in [0.5, 0.6) is 0 Å². The van der Waals surface area contributed by atoms with E-state index in [9.17, 15) is 0 Å². The molecular weight excluding hydrogens is 360 g/mol. The molecule has 7 nitrogen and oxygen atoms in total. The number of pyridine rings is 1. The van der Waals surface area contributed by atoms with Crippen molar-refractivity contribution in [3.8, 4) is 0 Å². The molecule has 1 aliphatic rings. The predicted octanol–water partition coefficient (Wildman–Crippen LogP) is 2.98. The standard InChI is InChI=1S/C19H24N6OS/c1-15-12-20-7-6-17(15)25-9-3-8-24(10-11-25)13-16-4-5-18(26-16)27-19-22-21-14-23(19)2/h4-7,12,14H,3,8-11,13H2,1-2H3. The van der Waals surface area contributed by atoms with Gasteiger partial charge in [-0.2, -0.15) is 0 Å². The van der Waals surface area contributed by atoms with Crippen LogP contribution < -0.4 is 4.90 Å². The maximum atomic E-state index is 6.00. The molecule has 0 bridgehead atoms. The zero-order valence-electron chi connectivity index (χ0n) is 15.7. The molecule has 0 aromatic carbocycles. The van der Waals surface area contributed by atoms with Crippen molar-refractivity contribution in [3.63, 3.8) is 0 Å². The van der Waals surface area contributed by atoms with E-state index in [1.807, 2.05) is 30.1 Å². The molecule has 0 spiro atoms. The number of aromatic nitrogens is 4. The van der Waals surface area contributed by atoms with Crippen LogP contribution in [0.15, 0.2) is 51.6 Å². The smallest absolute Gasteiger partial charge is 0.198 e. The van der Waals surface area contributed by atoms with Gasteiger partial charge in [0.1, 0.15) is 12.1 Å². The van der Waals surface area contributed by atoms with Gasteiger partial charge in [-0.25, -0.2) is 0 Å². The van der Waals surface area contributed by atoms with E-state index in [-0.39, 0.29) is 0 Å². The molecule has 1 fully saturated rings. The molecule has 0 aliphatic carbocycles. The molecular formula is C19H24N6OS. The van der Waals surface area contributed by atoms with Crippen molar-refractivity contribution in [2.75, 3.05) is 31.1 Å². The van der Waals surface area contributed by atoms with E-state index in [0.29, 0.717) is 0 Å². The molecule has 0 saturated carbocycles. The third-order valence-electron chi connectivity index (χ3n) is 4.80. The number of hydrogen-bond acceptors (Lipinski definition) is 7. The van der Waals surface area contributed by atoms with Crippen molar-refractivity contribution in [1.29, 1.82) is 0 Å². The van der Waals surface area contributed by atoms with Crippen LogP contribution >= 0.6 is 11.8 Å². The second-order valence-corrected chi connectivity index (χ2v) is 7.80. The Labute approximate surface area is 163 Å². The molecule has 0 unspecified atom stereocenters. The minimum Gasteiger partial charge on any atom is -0.453 e. The van der Waals surface area contributed by atoms with Gasteiger partial charge < -0.3 is 13.9 Å². The first-order valence-electron chi connectivity index (χ1n) is 9.17. The summed E-state index contributed by atoms with van der Waals surface area (Å²) in [4.78, 5) is 9.14. The highest BCUT2D eigenvalue weighted by Crippen LogP contribution is 2.28. The Morgan fingerprint density at radius 3 is 2.89 bits per heavy atom. The third-order valence-corrected chi connectivity index (χ3v) is 5.77. The molecule has 0 radical (unpaired) electrons. The molecule has 3 aromatic rings. The number of furan rings is 1. The van der Waals surface area contributed by atoms with Gasteiger partial charge in [0, 0.05) is 51.3 Å². The fourth-order valence-electron chi connectivity index (χ4n) is 3.36. The highest BCUT2D eigenvalue weighted by Gasteiger charge is 2.18. The SMILES string of the molecule is Cc1cnccc1N1CCCN(Cc2ccc(Sc3nncn3C)o2)CC1. The highest BCUT2D eigenvalue weighted by molar-refractivity contribution is 7.99. The number of aryl methyl sites for hydroxylation is 2. The maximum Gasteiger partial charge on any atom is 0.198 e. The molecule has 1 aliphatic heterocycles. The van der Waals surface area contributed by atoms with Crippen LogP contribution in [-0.4, -0.2) is 50.8 Å². The first-order chi connectivity index (χ1) is 13.2. The Kier molecular flexibility index (Phi) is 5.45. The van der Waals surface area contributed by atoms with Crippen LogP contribution in [0.4, 0.5) is 5.69 Å². The summed E-state index contributed by atoms with van der Waals surface area (Å²) in [6, 6.07) is 6.20. The molecule has 4 rings (SSSR count). The first kappa shape index (κ1) is 18.1. The first-order valence-corrected chi connectivity index (χ1v) is 9.99. The summed E-state index contributed by atoms with van der Waals surface area (Å²) in [5.41, 5.74) is 2.54. The van der Waals surface area contributed by atoms with Gasteiger partial charge in [0.25, 0.3) is 0 Å². The number of rotatable bonds is 5. The highest BCUT2D eigenvalue weighted by atomic mass is 32.2. The van der Waals surface area contributed by atoms with E-state index in [1.54, 1.807) is 6.33 Å². The Morgan fingerprint density at radius 1 is 1.15 bits per heavy atom. The lowest BCUT2D eigenvalue weighted by atomic mass is 10.2. The van der Waals surface area contributed by atoms with Crippen LogP contribution in [-0.2, 0) is 13.6 Å². The zero-order valence-corrected chi connectivity index (χ0v) is 16.5. The van der Waals surface area contributed by atoms with E-state index >= 15 is 0 Å². The summed E-state index contributed by atoms with van der Waals surface area (Å²) in [5, 5.41) is 9.67. The minimum atomic E-state index is 0.828. The topological polar surface area (TPSA) is 63.2 Å². The van der Waals surface area contributed by atoms with Crippen molar-refractivity contribution in [1.82, 2.24) is 24.6 Å². The molecule has 0 amide bonds. The van der Waals surface area contributed by atoms with Gasteiger partial charge in [-0.15, -0.1) is 10.2 Å². The van der Waals surface area contributed by atoms with Gasteiger partial charge in [-0.05, 0) is 48.9 Å². The van der Waals surface area contributed by atoms with Crippen LogP contribution in [0.3, 0.4) is 0 Å². The van der Waals surface area contributed by atoms with Crippen molar-refractivity contribution >= 4 is 17.4 Å². The lowest BCUT2D eigenvalue weighted by Crippen LogP contribution is -2.30. The summed E-state index contributed by atoms with van der Waals surface area (Å²) in [7, 11) is 1.93. The van der Waals surface area contributed by atoms with Gasteiger partial charge >= 0.3 is 0 Å². The van der Waals surface area contributed by atoms with Gasteiger partial charge in [0.2, 0.25) is 0 Å². The van der Waals surface area contributed by atoms with E-state index in [1.165, 1.54) is 23.0 Å². The molecule has 0 atom stereocenters. The molecule has 8 heteroatoms. The van der Waals surface area contributed by atoms with Crippen molar-refractivity contribution < 1.29 is 4.42 Å². The lowest BCUT2D eigenvalue weighted by Gasteiger charge is -2.24. The van der Waals surface area contributed by atoms with E-state index in [2.05, 4.69) is 44.0 Å². The van der Waals surface area contributed by atoms with Crippen LogP contribution in [0.2, 0.25) is 0 Å². The van der Waals surface area contributed by atoms with Gasteiger partial charge in [0.05, 0.1) is 6.54 Å². The Hall–Kier alpha value is -2.32. The maximum absolute atomic E-state index is 6.00. The lowest BCUT2D eigenvalue weighted by molar-refractivity contribution is 0.252. The van der Waals surface area contributed by atoms with Crippen molar-refractivity contribution in [3.05, 3.63) is 48.2 Å². The normalized spacial score (nSPS) is 15.9. The zero-order chi connectivity index (χ0) is 18.6. The molecule has 0 N–H and O–H groups in total. The Morgan fingerprint density at radius 2 is 2.07 bits per heavy atom. The number of nitrogens with zero attached hydrogens (tertiary/aromatic N) is 6. The van der Waals surface area contributed by atoms with Crippen LogP contribution in [0, 0.1) is 6.92 Å². The summed E-state index contributed by atoms with van der Waals surface area (Å²) < 4.78 is 7.89. The summed E-state index contributed by atoms with van der Waals surface area (Å²) >= 11 is 1.50. The summed E-state index contributed by atoms with van der Waals surface area (Å²) in [5.74, 6) is 0.994. The molecule has 4 heterocycles. The van der Waals surface area contributed by atoms with Gasteiger partial charge in [-0.1, -0.05) is 0 Å². The third kappa shape index (κ3) is 4.33. The quantitative estimate of drug-likeness (QED) is 0.670. The van der Waals surface area contributed by atoms with E-state index in [0.717, 1.165) is 55.2 Å². The molecule has 1 saturated heterocycles. The summed E-state index contributed by atoms with van der Waals surface area (Å²) in [6.07, 6.45) is 6.66. The number of hydrogen-bond donors (Lipinski definition) is 0. The fraction of sp³-hybridized carbons (Fsp3) is 0.421. The van der Waals surface area contributed by atoms with E-state index in [4.69, 9.17) is 4.42 Å². The molecule has 142 valence electrons. The number of anilines is 1. The van der Waals surface area contributed by atoms with Crippen molar-refractivity contribution in [2.24, 2.45) is 7.05 Å². The van der Waals surface area contributed by atoms with Crippen molar-refractivity contribution in [2.45, 2.75) is 30.1 Å². The Bertz CT molecular complexity index is 892. The Balaban J connectivity index is 1.35. The fourth-order valence-corrected chi connectivity index (χ4v) is 4.11. The summed E-state index contributed by atoms with van der Waals surface area (Å²) in [6.45, 7) is 7.16. The van der Waals surface area contributed by atoms with E-state index < -0.39 is 0 Å². The largest absolute Gasteiger partial charge is 0.453 e. The molecule has 27 heavy (non-hydrogen) atoms.